The van der Waals surface area contributed by atoms with Crippen LogP contribution in [0.3, 0.4) is 0 Å². The lowest BCUT2D eigenvalue weighted by atomic mass is 10.0. The lowest BCUT2D eigenvalue weighted by Gasteiger charge is -2.31. The number of hydrogen-bond acceptors (Lipinski definition) is 3. The van der Waals surface area contributed by atoms with Crippen LogP contribution >= 0.6 is 0 Å². The summed E-state index contributed by atoms with van der Waals surface area (Å²) in [6.07, 6.45) is -1.22. The van der Waals surface area contributed by atoms with Gasteiger partial charge in [-0.2, -0.15) is 13.2 Å². The molecule has 1 fully saturated rings. The molecule has 0 bridgehead atoms. The van der Waals surface area contributed by atoms with Crippen molar-refractivity contribution < 1.29 is 18.0 Å². The topological polar surface area (TPSA) is 60.1 Å². The maximum atomic E-state index is 12.8. The second-order valence-corrected chi connectivity index (χ2v) is 5.55. The number of nitrogens with zero attached hydrogens (tertiary/aromatic N) is 4. The van der Waals surface area contributed by atoms with Crippen LogP contribution in [0.2, 0.25) is 0 Å². The minimum Gasteiger partial charge on any atom is -0.343 e. The molecule has 1 amide bonds. The molecule has 6 nitrogen and oxygen atoms in total. The summed E-state index contributed by atoms with van der Waals surface area (Å²) in [4.78, 5) is 25.5. The number of alkyl halides is 3. The molecule has 128 valence electrons. The number of carbonyl (C=O) groups excluding carboxylic acids is 1. The third-order valence-electron chi connectivity index (χ3n) is 3.98. The summed E-state index contributed by atoms with van der Waals surface area (Å²) in [5.74, 6) is -1.21. The maximum absolute atomic E-state index is 12.8. The van der Waals surface area contributed by atoms with Gasteiger partial charge in [0.05, 0.1) is 6.04 Å². The fraction of sp³-hybridized carbons (Fsp3) is 0.643. The Morgan fingerprint density at radius 3 is 2.48 bits per heavy atom. The van der Waals surface area contributed by atoms with Crippen LogP contribution in [0.1, 0.15) is 37.5 Å². The van der Waals surface area contributed by atoms with E-state index in [0.717, 1.165) is 11.7 Å². The van der Waals surface area contributed by atoms with Crippen LogP contribution in [0.15, 0.2) is 17.4 Å². The average molecular weight is 332 g/mol. The first-order valence-corrected chi connectivity index (χ1v) is 7.37. The van der Waals surface area contributed by atoms with Crippen molar-refractivity contribution in [2.75, 3.05) is 13.1 Å². The molecular formula is C14H19F3N4O2. The summed E-state index contributed by atoms with van der Waals surface area (Å²) in [6.45, 7) is 4.37. The summed E-state index contributed by atoms with van der Waals surface area (Å²) in [6, 6.07) is -0.423. The van der Waals surface area contributed by atoms with Gasteiger partial charge in [-0.3, -0.25) is 9.36 Å². The van der Waals surface area contributed by atoms with E-state index in [1.54, 1.807) is 11.0 Å². The van der Waals surface area contributed by atoms with Crippen LogP contribution in [0.25, 0.3) is 0 Å². The first-order chi connectivity index (χ1) is 10.8. The molecule has 0 radical (unpaired) electrons. The van der Waals surface area contributed by atoms with E-state index in [-0.39, 0.29) is 5.91 Å². The molecule has 0 saturated carbocycles. The second-order valence-electron chi connectivity index (χ2n) is 5.55. The summed E-state index contributed by atoms with van der Waals surface area (Å²) < 4.78 is 39.8. The van der Waals surface area contributed by atoms with Gasteiger partial charge >= 0.3 is 11.9 Å². The van der Waals surface area contributed by atoms with E-state index in [9.17, 15) is 22.8 Å². The summed E-state index contributed by atoms with van der Waals surface area (Å²) >= 11 is 0. The van der Waals surface area contributed by atoms with Crippen molar-refractivity contribution in [3.63, 3.8) is 0 Å². The van der Waals surface area contributed by atoms with Gasteiger partial charge in [-0.15, -0.1) is 11.7 Å². The van der Waals surface area contributed by atoms with Crippen molar-refractivity contribution in [2.45, 2.75) is 37.9 Å². The molecule has 1 aliphatic heterocycles. The van der Waals surface area contributed by atoms with Gasteiger partial charge < -0.3 is 4.90 Å². The zero-order valence-corrected chi connectivity index (χ0v) is 12.8. The predicted molar refractivity (Wildman–Crippen MR) is 76.8 cm³/mol. The van der Waals surface area contributed by atoms with E-state index in [0.29, 0.717) is 43.3 Å². The summed E-state index contributed by atoms with van der Waals surface area (Å²) in [5, 5.41) is 3.45. The van der Waals surface area contributed by atoms with Crippen molar-refractivity contribution in [2.24, 2.45) is 7.05 Å². The van der Waals surface area contributed by atoms with Gasteiger partial charge in [0.1, 0.15) is 0 Å². The van der Waals surface area contributed by atoms with Gasteiger partial charge in [-0.25, -0.2) is 9.48 Å². The minimum absolute atomic E-state index is 0.00676. The Morgan fingerprint density at radius 1 is 1.39 bits per heavy atom. The SMILES string of the molecule is C=CCCC(=O)N1CCC(n2nc(C(F)(F)F)n(C)c2=O)CC1. The van der Waals surface area contributed by atoms with Crippen molar-refractivity contribution in [3.8, 4) is 0 Å². The molecular weight excluding hydrogens is 313 g/mol. The fourth-order valence-corrected chi connectivity index (χ4v) is 2.68. The Kier molecular flexibility index (Phi) is 4.96. The highest BCUT2D eigenvalue weighted by atomic mass is 19.4. The standard InChI is InChI=1S/C14H19F3N4O2/c1-3-4-5-11(22)20-8-6-10(7-9-20)21-13(23)19(2)12(18-21)14(15,16)17/h3,10H,1,4-9H2,2H3. The molecule has 0 aliphatic carbocycles. The Morgan fingerprint density at radius 2 is 2.00 bits per heavy atom. The third kappa shape index (κ3) is 3.65. The van der Waals surface area contributed by atoms with Crippen molar-refractivity contribution in [1.29, 1.82) is 0 Å². The average Bonchev–Trinajstić information content (AvgIpc) is 2.81. The number of carbonyl (C=O) groups is 1. The van der Waals surface area contributed by atoms with Gasteiger partial charge in [-0.1, -0.05) is 6.08 Å². The summed E-state index contributed by atoms with van der Waals surface area (Å²) in [7, 11) is 1.06. The second kappa shape index (κ2) is 6.59. The normalized spacial score (nSPS) is 16.6. The van der Waals surface area contributed by atoms with Crippen LogP contribution < -0.4 is 5.69 Å². The number of allylic oxidation sites excluding steroid dienone is 1. The van der Waals surface area contributed by atoms with E-state index >= 15 is 0 Å². The molecule has 0 aromatic carbocycles. The Labute approximate surface area is 131 Å². The summed E-state index contributed by atoms with van der Waals surface area (Å²) in [5.41, 5.74) is -0.784. The van der Waals surface area contributed by atoms with Crippen molar-refractivity contribution >= 4 is 5.91 Å². The maximum Gasteiger partial charge on any atom is 0.451 e. The third-order valence-corrected chi connectivity index (χ3v) is 3.98. The molecule has 2 heterocycles. The number of halogens is 3. The zero-order valence-electron chi connectivity index (χ0n) is 12.8. The number of likely N-dealkylation sites (tertiary alicyclic amines) is 1. The van der Waals surface area contributed by atoms with E-state index in [1.165, 1.54) is 0 Å². The quantitative estimate of drug-likeness (QED) is 0.789. The molecule has 0 unspecified atom stereocenters. The highest BCUT2D eigenvalue weighted by Crippen LogP contribution is 2.28. The van der Waals surface area contributed by atoms with Gasteiger partial charge in [0.2, 0.25) is 11.7 Å². The van der Waals surface area contributed by atoms with Gasteiger partial charge in [0, 0.05) is 26.6 Å². The first kappa shape index (κ1) is 17.3. The molecule has 1 aromatic rings. The van der Waals surface area contributed by atoms with Crippen LogP contribution in [-0.2, 0) is 18.0 Å². The monoisotopic (exact) mass is 332 g/mol. The fourth-order valence-electron chi connectivity index (χ4n) is 2.68. The number of rotatable bonds is 4. The molecule has 23 heavy (non-hydrogen) atoms. The molecule has 0 atom stereocenters. The van der Waals surface area contributed by atoms with Crippen molar-refractivity contribution in [1.82, 2.24) is 19.2 Å². The minimum atomic E-state index is -4.67. The Hall–Kier alpha value is -2.06. The van der Waals surface area contributed by atoms with Crippen LogP contribution in [0.5, 0.6) is 0 Å². The van der Waals surface area contributed by atoms with E-state index < -0.39 is 23.7 Å². The van der Waals surface area contributed by atoms with Gasteiger partial charge in [0.15, 0.2) is 0 Å². The van der Waals surface area contributed by atoms with Gasteiger partial charge in [-0.05, 0) is 19.3 Å². The zero-order chi connectivity index (χ0) is 17.2. The number of aromatic nitrogens is 3. The van der Waals surface area contributed by atoms with Crippen LogP contribution in [0.4, 0.5) is 13.2 Å². The smallest absolute Gasteiger partial charge is 0.343 e. The molecule has 1 aliphatic rings. The molecule has 2 rings (SSSR count). The molecule has 1 aromatic heterocycles. The van der Waals surface area contributed by atoms with E-state index in [4.69, 9.17) is 0 Å². The first-order valence-electron chi connectivity index (χ1n) is 7.37. The van der Waals surface area contributed by atoms with Crippen molar-refractivity contribution in [3.05, 3.63) is 29.0 Å². The Balaban J connectivity index is 2.08. The van der Waals surface area contributed by atoms with Gasteiger partial charge in [0.25, 0.3) is 0 Å². The van der Waals surface area contributed by atoms with Crippen LogP contribution in [0, 0.1) is 0 Å². The Bertz CT molecular complexity index is 639. The van der Waals surface area contributed by atoms with Crippen LogP contribution in [-0.4, -0.2) is 38.2 Å². The number of hydrogen-bond donors (Lipinski definition) is 0. The highest BCUT2D eigenvalue weighted by Gasteiger charge is 2.39. The lowest BCUT2D eigenvalue weighted by molar-refractivity contribution is -0.147. The predicted octanol–water partition coefficient (Wildman–Crippen LogP) is 1.73. The highest BCUT2D eigenvalue weighted by molar-refractivity contribution is 5.76. The molecule has 0 spiro atoms. The molecule has 0 N–H and O–H groups in total. The largest absolute Gasteiger partial charge is 0.451 e. The molecule has 9 heteroatoms. The van der Waals surface area contributed by atoms with E-state index in [2.05, 4.69) is 11.7 Å². The number of piperidine rings is 1. The lowest BCUT2D eigenvalue weighted by Crippen LogP contribution is -2.41. The molecule has 1 saturated heterocycles. The number of amides is 1. The van der Waals surface area contributed by atoms with E-state index in [1.807, 2.05) is 0 Å².